The van der Waals surface area contributed by atoms with Crippen LogP contribution in [0, 0.1) is 0 Å². The number of rotatable bonds is 3. The van der Waals surface area contributed by atoms with Crippen LogP contribution in [0.2, 0.25) is 0 Å². The topological polar surface area (TPSA) is 61.2 Å². The van der Waals surface area contributed by atoms with Crippen LogP contribution in [0.25, 0.3) is 21.8 Å². The van der Waals surface area contributed by atoms with Crippen molar-refractivity contribution in [1.82, 2.24) is 9.55 Å². The van der Waals surface area contributed by atoms with E-state index in [0.29, 0.717) is 23.1 Å². The summed E-state index contributed by atoms with van der Waals surface area (Å²) >= 11 is 0. The van der Waals surface area contributed by atoms with Crippen LogP contribution in [0.1, 0.15) is 48.2 Å². The van der Waals surface area contributed by atoms with Gasteiger partial charge in [-0.15, -0.1) is 0 Å². The Kier molecular flexibility index (Phi) is 3.79. The van der Waals surface area contributed by atoms with Gasteiger partial charge in [0.2, 0.25) is 0 Å². The summed E-state index contributed by atoms with van der Waals surface area (Å²) in [6.07, 6.45) is 3.19. The molecule has 0 unspecified atom stereocenters. The van der Waals surface area contributed by atoms with Crippen LogP contribution in [0.4, 0.5) is 0 Å². The quantitative estimate of drug-likeness (QED) is 0.542. The number of fused-ring (bicyclic) bond motifs is 3. The Hall–Kier alpha value is -2.69. The highest BCUT2D eigenvalue weighted by Crippen LogP contribution is 2.38. The van der Waals surface area contributed by atoms with Crippen LogP contribution in [0.5, 0.6) is 0 Å². The molecule has 4 rings (SSSR count). The minimum absolute atomic E-state index is 0.146. The number of carbonyl (C=O) groups is 1. The SMILES string of the molecule is CCOC(=O)c1cc2c(=O)n(C)c3ccccc3c2nc1C1CCC1. The third-order valence-electron chi connectivity index (χ3n) is 5.09. The van der Waals surface area contributed by atoms with E-state index in [1.165, 1.54) is 0 Å². The maximum absolute atomic E-state index is 12.8. The number of carbonyl (C=O) groups excluding carboxylic acids is 1. The summed E-state index contributed by atoms with van der Waals surface area (Å²) in [5.74, 6) is -0.124. The molecule has 0 saturated heterocycles. The first-order valence-corrected chi connectivity index (χ1v) is 8.71. The third-order valence-corrected chi connectivity index (χ3v) is 5.09. The second kappa shape index (κ2) is 5.99. The molecule has 0 radical (unpaired) electrons. The predicted octanol–water partition coefficient (Wildman–Crippen LogP) is 3.53. The molecule has 2 aromatic heterocycles. The molecule has 1 saturated carbocycles. The van der Waals surface area contributed by atoms with E-state index in [1.54, 1.807) is 24.6 Å². The molecule has 1 aliphatic rings. The number of pyridine rings is 2. The van der Waals surface area contributed by atoms with Gasteiger partial charge in [0.15, 0.2) is 0 Å². The van der Waals surface area contributed by atoms with Crippen molar-refractivity contribution in [3.8, 4) is 0 Å². The molecule has 0 spiro atoms. The Morgan fingerprint density at radius 1 is 1.28 bits per heavy atom. The number of hydrogen-bond donors (Lipinski definition) is 0. The minimum Gasteiger partial charge on any atom is -0.462 e. The van der Waals surface area contributed by atoms with E-state index in [0.717, 1.165) is 35.9 Å². The highest BCUT2D eigenvalue weighted by atomic mass is 16.5. The van der Waals surface area contributed by atoms with Gasteiger partial charge in [0, 0.05) is 18.4 Å². The maximum atomic E-state index is 12.8. The summed E-state index contributed by atoms with van der Waals surface area (Å²) in [5, 5.41) is 1.39. The fraction of sp³-hybridized carbons (Fsp3) is 0.350. The van der Waals surface area contributed by atoms with Crippen LogP contribution >= 0.6 is 0 Å². The Balaban J connectivity index is 2.09. The van der Waals surface area contributed by atoms with Crippen molar-refractivity contribution in [3.05, 3.63) is 51.9 Å². The lowest BCUT2D eigenvalue weighted by Gasteiger charge is -2.26. The van der Waals surface area contributed by atoms with Gasteiger partial charge in [0.25, 0.3) is 5.56 Å². The van der Waals surface area contributed by atoms with E-state index < -0.39 is 5.97 Å². The molecule has 0 bridgehead atoms. The zero-order chi connectivity index (χ0) is 17.6. The number of nitrogens with zero attached hydrogens (tertiary/aromatic N) is 2. The van der Waals surface area contributed by atoms with E-state index >= 15 is 0 Å². The van der Waals surface area contributed by atoms with Crippen molar-refractivity contribution in [2.75, 3.05) is 6.61 Å². The average Bonchev–Trinajstić information content (AvgIpc) is 2.58. The number of ether oxygens (including phenoxy) is 1. The van der Waals surface area contributed by atoms with Gasteiger partial charge in [-0.3, -0.25) is 9.78 Å². The van der Waals surface area contributed by atoms with Gasteiger partial charge in [0.1, 0.15) is 0 Å². The van der Waals surface area contributed by atoms with Crippen molar-refractivity contribution in [2.24, 2.45) is 7.05 Å². The highest BCUT2D eigenvalue weighted by Gasteiger charge is 2.28. The molecule has 2 heterocycles. The van der Waals surface area contributed by atoms with E-state index in [1.807, 2.05) is 24.3 Å². The summed E-state index contributed by atoms with van der Waals surface area (Å²) in [6.45, 7) is 2.08. The largest absolute Gasteiger partial charge is 0.462 e. The zero-order valence-corrected chi connectivity index (χ0v) is 14.4. The standard InChI is InChI=1S/C20H20N2O3/c1-3-25-20(24)15-11-14-18(21-17(15)12-7-6-8-12)13-9-4-5-10-16(13)22(2)19(14)23/h4-5,9-12H,3,6-8H2,1-2H3. The number of aryl methyl sites for hydroxylation is 1. The van der Waals surface area contributed by atoms with Gasteiger partial charge in [-0.05, 0) is 31.9 Å². The molecule has 128 valence electrons. The van der Waals surface area contributed by atoms with Gasteiger partial charge in [0.05, 0.1) is 34.3 Å². The summed E-state index contributed by atoms with van der Waals surface area (Å²) in [6, 6.07) is 9.42. The lowest BCUT2D eigenvalue weighted by molar-refractivity contribution is 0.0523. The molecule has 0 atom stereocenters. The molecule has 1 aliphatic carbocycles. The molecule has 0 N–H and O–H groups in total. The number of hydrogen-bond acceptors (Lipinski definition) is 4. The molecule has 5 heteroatoms. The second-order valence-corrected chi connectivity index (χ2v) is 6.55. The molecule has 5 nitrogen and oxygen atoms in total. The number of benzene rings is 1. The summed E-state index contributed by atoms with van der Waals surface area (Å²) in [5.41, 5.74) is 2.58. The van der Waals surface area contributed by atoms with Crippen LogP contribution in [-0.4, -0.2) is 22.1 Å². The van der Waals surface area contributed by atoms with Crippen LogP contribution in [0.15, 0.2) is 35.1 Å². The van der Waals surface area contributed by atoms with Crippen molar-refractivity contribution in [3.63, 3.8) is 0 Å². The summed E-state index contributed by atoms with van der Waals surface area (Å²) in [4.78, 5) is 30.1. The van der Waals surface area contributed by atoms with E-state index in [2.05, 4.69) is 0 Å². The highest BCUT2D eigenvalue weighted by molar-refractivity contribution is 6.05. The van der Waals surface area contributed by atoms with E-state index in [9.17, 15) is 9.59 Å². The number of esters is 1. The van der Waals surface area contributed by atoms with Crippen LogP contribution < -0.4 is 5.56 Å². The van der Waals surface area contributed by atoms with Gasteiger partial charge in [-0.25, -0.2) is 4.79 Å². The summed E-state index contributed by atoms with van der Waals surface area (Å²) < 4.78 is 6.81. The van der Waals surface area contributed by atoms with Gasteiger partial charge >= 0.3 is 5.97 Å². The summed E-state index contributed by atoms with van der Waals surface area (Å²) in [7, 11) is 1.74. The monoisotopic (exact) mass is 336 g/mol. The first-order valence-electron chi connectivity index (χ1n) is 8.71. The molecule has 0 aliphatic heterocycles. The van der Waals surface area contributed by atoms with Crippen molar-refractivity contribution >= 4 is 27.8 Å². The minimum atomic E-state index is -0.394. The molecule has 1 aromatic carbocycles. The smallest absolute Gasteiger partial charge is 0.340 e. The molecular formula is C20H20N2O3. The normalized spacial score (nSPS) is 14.6. The maximum Gasteiger partial charge on any atom is 0.340 e. The lowest BCUT2D eigenvalue weighted by Crippen LogP contribution is -2.22. The Morgan fingerprint density at radius 3 is 2.72 bits per heavy atom. The molecule has 1 fully saturated rings. The second-order valence-electron chi connectivity index (χ2n) is 6.55. The number of para-hydroxylation sites is 1. The van der Waals surface area contributed by atoms with Crippen molar-refractivity contribution in [2.45, 2.75) is 32.1 Å². The van der Waals surface area contributed by atoms with Crippen LogP contribution in [0.3, 0.4) is 0 Å². The Labute approximate surface area is 145 Å². The molecular weight excluding hydrogens is 316 g/mol. The molecule has 3 aromatic rings. The third kappa shape index (κ3) is 2.42. The first kappa shape index (κ1) is 15.8. The lowest BCUT2D eigenvalue weighted by atomic mass is 9.80. The van der Waals surface area contributed by atoms with E-state index in [4.69, 9.17) is 9.72 Å². The Morgan fingerprint density at radius 2 is 2.04 bits per heavy atom. The predicted molar refractivity (Wildman–Crippen MR) is 97.0 cm³/mol. The van der Waals surface area contributed by atoms with Gasteiger partial charge < -0.3 is 9.30 Å². The average molecular weight is 336 g/mol. The number of aromatic nitrogens is 2. The van der Waals surface area contributed by atoms with Gasteiger partial charge in [-0.2, -0.15) is 0 Å². The molecule has 25 heavy (non-hydrogen) atoms. The Bertz CT molecular complexity index is 1050. The fourth-order valence-corrected chi connectivity index (χ4v) is 3.52. The van der Waals surface area contributed by atoms with Gasteiger partial charge in [-0.1, -0.05) is 24.6 Å². The van der Waals surface area contributed by atoms with Crippen LogP contribution in [-0.2, 0) is 11.8 Å². The fourth-order valence-electron chi connectivity index (χ4n) is 3.52. The van der Waals surface area contributed by atoms with E-state index in [-0.39, 0.29) is 11.5 Å². The van der Waals surface area contributed by atoms with Crippen molar-refractivity contribution in [1.29, 1.82) is 0 Å². The molecule has 0 amide bonds. The first-order chi connectivity index (χ1) is 12.1. The zero-order valence-electron chi connectivity index (χ0n) is 14.4. The van der Waals surface area contributed by atoms with Crippen molar-refractivity contribution < 1.29 is 9.53 Å².